The van der Waals surface area contributed by atoms with E-state index in [-0.39, 0.29) is 5.75 Å². The number of anilines is 1. The Balaban J connectivity index is 1.96. The summed E-state index contributed by atoms with van der Waals surface area (Å²) in [6.45, 7) is 4.93. The van der Waals surface area contributed by atoms with E-state index in [2.05, 4.69) is 9.62 Å². The molecule has 100 valence electrons. The van der Waals surface area contributed by atoms with Crippen LogP contribution in [-0.4, -0.2) is 32.2 Å². The molecule has 2 rings (SSSR count). The first kappa shape index (κ1) is 13.4. The third kappa shape index (κ3) is 3.71. The molecule has 1 heterocycles. The van der Waals surface area contributed by atoms with Crippen LogP contribution in [0.15, 0.2) is 24.3 Å². The van der Waals surface area contributed by atoms with Gasteiger partial charge in [-0.1, -0.05) is 12.1 Å². The number of benzene rings is 1. The van der Waals surface area contributed by atoms with Crippen LogP contribution in [0.4, 0.5) is 5.69 Å². The van der Waals surface area contributed by atoms with Crippen LogP contribution >= 0.6 is 0 Å². The first-order chi connectivity index (χ1) is 8.59. The molecule has 1 aliphatic rings. The van der Waals surface area contributed by atoms with Gasteiger partial charge in [-0.3, -0.25) is 9.62 Å². The van der Waals surface area contributed by atoms with Gasteiger partial charge in [0.15, 0.2) is 0 Å². The lowest BCUT2D eigenvalue weighted by Crippen LogP contribution is -2.18. The molecule has 0 saturated carbocycles. The van der Waals surface area contributed by atoms with Gasteiger partial charge < -0.3 is 0 Å². The molecule has 5 heteroatoms. The first-order valence-electron chi connectivity index (χ1n) is 6.41. The standard InChI is InChI=1S/C13H20N2O2S/c1-2-18(16,17)14-13-7-5-12(6-8-13)11-15-9-3-4-10-15/h5-8,14H,2-4,9-11H2,1H3. The summed E-state index contributed by atoms with van der Waals surface area (Å²) in [5.41, 5.74) is 1.87. The van der Waals surface area contributed by atoms with E-state index in [1.807, 2.05) is 24.3 Å². The van der Waals surface area contributed by atoms with E-state index in [0.29, 0.717) is 5.69 Å². The van der Waals surface area contributed by atoms with Crippen LogP contribution in [0.5, 0.6) is 0 Å². The summed E-state index contributed by atoms with van der Waals surface area (Å²) in [6.07, 6.45) is 2.57. The smallest absolute Gasteiger partial charge is 0.232 e. The zero-order chi connectivity index (χ0) is 13.0. The summed E-state index contributed by atoms with van der Waals surface area (Å²) < 4.78 is 25.4. The van der Waals surface area contributed by atoms with Crippen molar-refractivity contribution in [3.05, 3.63) is 29.8 Å². The fourth-order valence-electron chi connectivity index (χ4n) is 2.13. The maximum atomic E-state index is 11.4. The molecule has 4 nitrogen and oxygen atoms in total. The molecule has 1 aromatic rings. The topological polar surface area (TPSA) is 49.4 Å². The van der Waals surface area contributed by atoms with Gasteiger partial charge in [-0.15, -0.1) is 0 Å². The van der Waals surface area contributed by atoms with Crippen molar-refractivity contribution >= 4 is 15.7 Å². The van der Waals surface area contributed by atoms with Crippen molar-refractivity contribution in [2.75, 3.05) is 23.6 Å². The van der Waals surface area contributed by atoms with Crippen molar-refractivity contribution in [2.24, 2.45) is 0 Å². The molecule has 1 saturated heterocycles. The molecule has 0 spiro atoms. The number of rotatable bonds is 5. The van der Waals surface area contributed by atoms with Crippen LogP contribution in [0.25, 0.3) is 0 Å². The molecule has 0 radical (unpaired) electrons. The number of hydrogen-bond acceptors (Lipinski definition) is 3. The van der Waals surface area contributed by atoms with Crippen molar-refractivity contribution in [1.82, 2.24) is 4.90 Å². The van der Waals surface area contributed by atoms with Gasteiger partial charge in [0.05, 0.1) is 5.75 Å². The van der Waals surface area contributed by atoms with E-state index in [1.54, 1.807) is 6.92 Å². The molecule has 1 fully saturated rings. The summed E-state index contributed by atoms with van der Waals surface area (Å²) in [6, 6.07) is 7.65. The molecule has 1 aliphatic heterocycles. The van der Waals surface area contributed by atoms with Crippen LogP contribution in [0.1, 0.15) is 25.3 Å². The Labute approximate surface area is 109 Å². The SMILES string of the molecule is CCS(=O)(=O)Nc1ccc(CN2CCCC2)cc1. The number of likely N-dealkylation sites (tertiary alicyclic amines) is 1. The molecular formula is C13H20N2O2S. The predicted molar refractivity (Wildman–Crippen MR) is 74.0 cm³/mol. The van der Waals surface area contributed by atoms with Crippen LogP contribution < -0.4 is 4.72 Å². The molecule has 18 heavy (non-hydrogen) atoms. The van der Waals surface area contributed by atoms with Gasteiger partial charge in [0.2, 0.25) is 10.0 Å². The van der Waals surface area contributed by atoms with Crippen LogP contribution in [0, 0.1) is 0 Å². The minimum atomic E-state index is -3.17. The molecule has 0 unspecified atom stereocenters. The third-order valence-electron chi connectivity index (χ3n) is 3.21. The van der Waals surface area contributed by atoms with Crippen molar-refractivity contribution in [2.45, 2.75) is 26.3 Å². The van der Waals surface area contributed by atoms with E-state index in [9.17, 15) is 8.42 Å². The molecule has 0 aliphatic carbocycles. The van der Waals surface area contributed by atoms with Gasteiger partial charge in [-0.25, -0.2) is 8.42 Å². The normalized spacial score (nSPS) is 16.9. The Morgan fingerprint density at radius 1 is 1.17 bits per heavy atom. The Morgan fingerprint density at radius 3 is 2.33 bits per heavy atom. The summed E-state index contributed by atoms with van der Waals surface area (Å²) >= 11 is 0. The Morgan fingerprint density at radius 2 is 1.78 bits per heavy atom. The fraction of sp³-hybridized carbons (Fsp3) is 0.538. The summed E-state index contributed by atoms with van der Waals surface area (Å²) in [4.78, 5) is 2.42. The first-order valence-corrected chi connectivity index (χ1v) is 8.06. The van der Waals surface area contributed by atoms with Gasteiger partial charge >= 0.3 is 0 Å². The van der Waals surface area contributed by atoms with E-state index in [1.165, 1.54) is 31.5 Å². The van der Waals surface area contributed by atoms with Gasteiger partial charge in [-0.2, -0.15) is 0 Å². The summed E-state index contributed by atoms with van der Waals surface area (Å²) in [7, 11) is -3.17. The molecule has 0 amide bonds. The highest BCUT2D eigenvalue weighted by Gasteiger charge is 2.12. The highest BCUT2D eigenvalue weighted by Crippen LogP contribution is 2.15. The monoisotopic (exact) mass is 268 g/mol. The highest BCUT2D eigenvalue weighted by atomic mass is 32.2. The lowest BCUT2D eigenvalue weighted by Gasteiger charge is -2.14. The molecule has 0 atom stereocenters. The van der Waals surface area contributed by atoms with E-state index >= 15 is 0 Å². The van der Waals surface area contributed by atoms with E-state index in [4.69, 9.17) is 0 Å². The molecule has 1 N–H and O–H groups in total. The zero-order valence-corrected chi connectivity index (χ0v) is 11.5. The largest absolute Gasteiger partial charge is 0.299 e. The number of nitrogens with one attached hydrogen (secondary N) is 1. The van der Waals surface area contributed by atoms with Gasteiger partial charge in [-0.05, 0) is 50.6 Å². The number of hydrogen-bond donors (Lipinski definition) is 1. The second kappa shape index (κ2) is 5.71. The summed E-state index contributed by atoms with van der Waals surface area (Å²) in [5, 5.41) is 0. The van der Waals surface area contributed by atoms with Crippen molar-refractivity contribution in [1.29, 1.82) is 0 Å². The Bertz CT molecular complexity index is 476. The average Bonchev–Trinajstić information content (AvgIpc) is 2.84. The van der Waals surface area contributed by atoms with Crippen LogP contribution in [0.2, 0.25) is 0 Å². The maximum absolute atomic E-state index is 11.4. The van der Waals surface area contributed by atoms with Crippen molar-refractivity contribution in [3.63, 3.8) is 0 Å². The van der Waals surface area contributed by atoms with Gasteiger partial charge in [0, 0.05) is 12.2 Å². The summed E-state index contributed by atoms with van der Waals surface area (Å²) in [5.74, 6) is 0.0997. The molecular weight excluding hydrogens is 248 g/mol. The molecule has 0 aromatic heterocycles. The molecule has 0 bridgehead atoms. The van der Waals surface area contributed by atoms with Gasteiger partial charge in [0.1, 0.15) is 0 Å². The zero-order valence-electron chi connectivity index (χ0n) is 10.7. The third-order valence-corrected chi connectivity index (χ3v) is 4.52. The van der Waals surface area contributed by atoms with Crippen molar-refractivity contribution in [3.8, 4) is 0 Å². The number of nitrogens with zero attached hydrogens (tertiary/aromatic N) is 1. The van der Waals surface area contributed by atoms with Crippen LogP contribution in [-0.2, 0) is 16.6 Å². The van der Waals surface area contributed by atoms with Crippen LogP contribution in [0.3, 0.4) is 0 Å². The average molecular weight is 268 g/mol. The Kier molecular flexibility index (Phi) is 4.24. The second-order valence-corrected chi connectivity index (χ2v) is 6.70. The minimum absolute atomic E-state index is 0.0997. The quantitative estimate of drug-likeness (QED) is 0.889. The number of sulfonamides is 1. The van der Waals surface area contributed by atoms with Gasteiger partial charge in [0.25, 0.3) is 0 Å². The lowest BCUT2D eigenvalue weighted by molar-refractivity contribution is 0.331. The van der Waals surface area contributed by atoms with Crippen molar-refractivity contribution < 1.29 is 8.42 Å². The lowest BCUT2D eigenvalue weighted by atomic mass is 10.2. The van der Waals surface area contributed by atoms with E-state index in [0.717, 1.165) is 6.54 Å². The fourth-order valence-corrected chi connectivity index (χ4v) is 2.77. The maximum Gasteiger partial charge on any atom is 0.232 e. The second-order valence-electron chi connectivity index (χ2n) is 4.69. The highest BCUT2D eigenvalue weighted by molar-refractivity contribution is 7.92. The minimum Gasteiger partial charge on any atom is -0.299 e. The molecule has 1 aromatic carbocycles. The van der Waals surface area contributed by atoms with E-state index < -0.39 is 10.0 Å². The Hall–Kier alpha value is -1.07. The predicted octanol–water partition coefficient (Wildman–Crippen LogP) is 2.04.